The molecule has 34 heavy (non-hydrogen) atoms. The third-order valence-electron chi connectivity index (χ3n) is 5.47. The Hall–Kier alpha value is -1.33. The van der Waals surface area contributed by atoms with E-state index >= 15 is 0 Å². The second-order valence-electron chi connectivity index (χ2n) is 10.3. The van der Waals surface area contributed by atoms with Crippen LogP contribution in [0.5, 0.6) is 0 Å². The summed E-state index contributed by atoms with van der Waals surface area (Å²) in [4.78, 5) is 0. The molecule has 0 amide bonds. The topological polar surface area (TPSA) is 46.2 Å². The van der Waals surface area contributed by atoms with Gasteiger partial charge >= 0.3 is 0 Å². The SMILES string of the molecule is CC(C)(C)[Si](OCCOCCOCCOCCO[Si](C)(C)C)(c1ccccc1)c1ccccc1. The minimum absolute atomic E-state index is 0.0288. The molecular formula is C27H44O5Si2. The van der Waals surface area contributed by atoms with Gasteiger partial charge in [-0.25, -0.2) is 0 Å². The molecule has 0 heterocycles. The standard InChI is InChI=1S/C27H44O5Si2/c1-27(2,3)34(25-13-9-7-10-14-25,26-15-11-8-12-16-26)32-24-22-30-20-18-28-17-19-29-21-23-31-33(4,5)6/h7-16H,17-24H2,1-6H3. The van der Waals surface area contributed by atoms with Crippen molar-refractivity contribution in [3.63, 3.8) is 0 Å². The van der Waals surface area contributed by atoms with Gasteiger partial charge in [0.15, 0.2) is 8.32 Å². The average molecular weight is 505 g/mol. The van der Waals surface area contributed by atoms with Gasteiger partial charge in [-0.1, -0.05) is 81.4 Å². The summed E-state index contributed by atoms with van der Waals surface area (Å²) in [6.07, 6.45) is 0. The summed E-state index contributed by atoms with van der Waals surface area (Å²) in [6, 6.07) is 21.4. The number of benzene rings is 2. The fourth-order valence-electron chi connectivity index (χ4n) is 3.96. The first-order chi connectivity index (χ1) is 16.2. The van der Waals surface area contributed by atoms with Crippen molar-refractivity contribution in [2.24, 2.45) is 0 Å². The lowest BCUT2D eigenvalue weighted by Gasteiger charge is -2.43. The summed E-state index contributed by atoms with van der Waals surface area (Å²) < 4.78 is 29.5. The van der Waals surface area contributed by atoms with Crippen molar-refractivity contribution in [3.05, 3.63) is 60.7 Å². The zero-order valence-electron chi connectivity index (χ0n) is 22.0. The van der Waals surface area contributed by atoms with Crippen LogP contribution in [-0.2, 0) is 23.1 Å². The lowest BCUT2D eigenvalue weighted by molar-refractivity contribution is 0.00414. The molecule has 0 saturated carbocycles. The van der Waals surface area contributed by atoms with Crippen LogP contribution in [-0.4, -0.2) is 69.5 Å². The van der Waals surface area contributed by atoms with E-state index in [9.17, 15) is 0 Å². The summed E-state index contributed by atoms with van der Waals surface area (Å²) in [5, 5.41) is 2.54. The number of hydrogen-bond donors (Lipinski definition) is 0. The van der Waals surface area contributed by atoms with Gasteiger partial charge in [0.25, 0.3) is 8.32 Å². The first-order valence-corrected chi connectivity index (χ1v) is 17.6. The molecule has 7 heteroatoms. The Morgan fingerprint density at radius 2 is 0.882 bits per heavy atom. The zero-order chi connectivity index (χ0) is 24.9. The molecule has 2 aromatic rings. The summed E-state index contributed by atoms with van der Waals surface area (Å²) in [6.45, 7) is 18.0. The van der Waals surface area contributed by atoms with Crippen LogP contribution in [0.15, 0.2) is 60.7 Å². The van der Waals surface area contributed by atoms with Gasteiger partial charge in [-0.3, -0.25) is 0 Å². The minimum Gasteiger partial charge on any atom is -0.415 e. The Bertz CT molecular complexity index is 749. The van der Waals surface area contributed by atoms with Crippen molar-refractivity contribution in [3.8, 4) is 0 Å². The minimum atomic E-state index is -2.49. The fraction of sp³-hybridized carbons (Fsp3) is 0.556. The number of hydrogen-bond acceptors (Lipinski definition) is 5. The molecule has 0 unspecified atom stereocenters. The van der Waals surface area contributed by atoms with E-state index in [1.165, 1.54) is 10.4 Å². The Morgan fingerprint density at radius 1 is 0.529 bits per heavy atom. The fourth-order valence-corrected chi connectivity index (χ4v) is 9.20. The number of ether oxygens (including phenoxy) is 3. The van der Waals surface area contributed by atoms with E-state index < -0.39 is 16.6 Å². The first kappa shape index (κ1) is 28.9. The zero-order valence-corrected chi connectivity index (χ0v) is 24.0. The third-order valence-corrected chi connectivity index (χ3v) is 11.6. The van der Waals surface area contributed by atoms with Gasteiger partial charge < -0.3 is 23.1 Å². The summed E-state index contributed by atoms with van der Waals surface area (Å²) in [5.74, 6) is 0. The van der Waals surface area contributed by atoms with E-state index in [1.54, 1.807) is 0 Å². The molecule has 5 nitrogen and oxygen atoms in total. The maximum Gasteiger partial charge on any atom is 0.261 e. The van der Waals surface area contributed by atoms with Crippen molar-refractivity contribution in [2.45, 2.75) is 45.5 Å². The normalized spacial score (nSPS) is 12.8. The van der Waals surface area contributed by atoms with Crippen molar-refractivity contribution >= 4 is 27.0 Å². The van der Waals surface area contributed by atoms with Gasteiger partial charge in [-0.15, -0.1) is 0 Å². The van der Waals surface area contributed by atoms with Crippen LogP contribution < -0.4 is 10.4 Å². The van der Waals surface area contributed by atoms with Gasteiger partial charge in [0.2, 0.25) is 0 Å². The molecule has 2 rings (SSSR count). The molecule has 0 aromatic heterocycles. The van der Waals surface area contributed by atoms with E-state index in [0.717, 1.165) is 0 Å². The summed E-state index contributed by atoms with van der Waals surface area (Å²) in [5.41, 5.74) is 0. The summed E-state index contributed by atoms with van der Waals surface area (Å²) in [7, 11) is -3.95. The molecule has 0 saturated heterocycles. The van der Waals surface area contributed by atoms with Crippen LogP contribution in [0.25, 0.3) is 0 Å². The molecule has 0 atom stereocenters. The van der Waals surface area contributed by atoms with Crippen molar-refractivity contribution in [1.82, 2.24) is 0 Å². The summed E-state index contributed by atoms with van der Waals surface area (Å²) >= 11 is 0. The lowest BCUT2D eigenvalue weighted by Crippen LogP contribution is -2.66. The van der Waals surface area contributed by atoms with Crippen LogP contribution in [0.3, 0.4) is 0 Å². The largest absolute Gasteiger partial charge is 0.415 e. The highest BCUT2D eigenvalue weighted by molar-refractivity contribution is 6.99. The van der Waals surface area contributed by atoms with Crippen LogP contribution in [0, 0.1) is 0 Å². The Morgan fingerprint density at radius 3 is 1.24 bits per heavy atom. The Kier molecular flexibility index (Phi) is 12.1. The Balaban J connectivity index is 1.76. The molecular weight excluding hydrogens is 460 g/mol. The van der Waals surface area contributed by atoms with Crippen molar-refractivity contribution < 1.29 is 23.1 Å². The van der Waals surface area contributed by atoms with Crippen LogP contribution in [0.4, 0.5) is 0 Å². The third kappa shape index (κ3) is 9.38. The molecule has 2 aromatic carbocycles. The quantitative estimate of drug-likeness (QED) is 0.249. The maximum atomic E-state index is 6.82. The molecule has 190 valence electrons. The maximum absolute atomic E-state index is 6.82. The van der Waals surface area contributed by atoms with Crippen LogP contribution >= 0.6 is 0 Å². The average Bonchev–Trinajstić information content (AvgIpc) is 2.79. The predicted octanol–water partition coefficient (Wildman–Crippen LogP) is 4.46. The smallest absolute Gasteiger partial charge is 0.261 e. The van der Waals surface area contributed by atoms with Gasteiger partial charge in [-0.05, 0) is 35.1 Å². The molecule has 0 bridgehead atoms. The molecule has 0 N–H and O–H groups in total. The van der Waals surface area contributed by atoms with Crippen molar-refractivity contribution in [2.75, 3.05) is 52.9 Å². The molecule has 0 fully saturated rings. The first-order valence-electron chi connectivity index (χ1n) is 12.3. The lowest BCUT2D eigenvalue weighted by atomic mass is 10.2. The van der Waals surface area contributed by atoms with Gasteiger partial charge in [0.1, 0.15) is 0 Å². The molecule has 0 spiro atoms. The van der Waals surface area contributed by atoms with E-state index in [1.807, 2.05) is 0 Å². The second kappa shape index (κ2) is 14.3. The van der Waals surface area contributed by atoms with Crippen LogP contribution in [0.2, 0.25) is 24.7 Å². The van der Waals surface area contributed by atoms with Gasteiger partial charge in [0.05, 0.1) is 52.9 Å². The van der Waals surface area contributed by atoms with E-state index in [-0.39, 0.29) is 5.04 Å². The van der Waals surface area contributed by atoms with Crippen LogP contribution in [0.1, 0.15) is 20.8 Å². The monoisotopic (exact) mass is 504 g/mol. The highest BCUT2D eigenvalue weighted by atomic mass is 28.4. The molecule has 0 aliphatic heterocycles. The van der Waals surface area contributed by atoms with E-state index in [0.29, 0.717) is 52.9 Å². The molecule has 0 radical (unpaired) electrons. The van der Waals surface area contributed by atoms with E-state index in [2.05, 4.69) is 101 Å². The highest BCUT2D eigenvalue weighted by Gasteiger charge is 2.49. The van der Waals surface area contributed by atoms with Gasteiger partial charge in [-0.2, -0.15) is 0 Å². The van der Waals surface area contributed by atoms with E-state index in [4.69, 9.17) is 23.1 Å². The van der Waals surface area contributed by atoms with Crippen molar-refractivity contribution in [1.29, 1.82) is 0 Å². The highest BCUT2D eigenvalue weighted by Crippen LogP contribution is 2.36. The number of rotatable bonds is 16. The second-order valence-corrected chi connectivity index (χ2v) is 19.1. The predicted molar refractivity (Wildman–Crippen MR) is 145 cm³/mol. The van der Waals surface area contributed by atoms with Gasteiger partial charge in [0, 0.05) is 0 Å². The Labute approximate surface area is 209 Å². The molecule has 0 aliphatic rings. The molecule has 0 aliphatic carbocycles.